The maximum atomic E-state index is 5.72. The molecule has 0 fully saturated rings. The van der Waals surface area contributed by atoms with E-state index in [1.54, 1.807) is 7.11 Å². The lowest BCUT2D eigenvalue weighted by molar-refractivity contribution is 0.0701. The molecule has 1 aromatic carbocycles. The van der Waals surface area contributed by atoms with E-state index < -0.39 is 0 Å². The lowest BCUT2D eigenvalue weighted by Crippen LogP contribution is -2.35. The molecule has 0 spiro atoms. The Hall–Kier alpha value is -1.71. The van der Waals surface area contributed by atoms with Crippen LogP contribution < -0.4 is 5.32 Å². The van der Waals surface area contributed by atoms with Crippen LogP contribution in [0.2, 0.25) is 0 Å². The summed E-state index contributed by atoms with van der Waals surface area (Å²) in [5, 5.41) is 3.36. The predicted octanol–water partition coefficient (Wildman–Crippen LogP) is 3.16. The van der Waals surface area contributed by atoms with Crippen LogP contribution in [0.1, 0.15) is 29.8 Å². The molecule has 2 unspecified atom stereocenters. The molecule has 2 atom stereocenters. The highest BCUT2D eigenvalue weighted by molar-refractivity contribution is 5.21. The fourth-order valence-electron chi connectivity index (χ4n) is 2.55. The number of rotatable bonds is 7. The molecule has 2 aromatic rings. The number of pyridine rings is 1. The van der Waals surface area contributed by atoms with Gasteiger partial charge >= 0.3 is 0 Å². The number of hydrogen-bond acceptors (Lipinski definition) is 3. The van der Waals surface area contributed by atoms with Crippen molar-refractivity contribution in [2.75, 3.05) is 14.2 Å². The van der Waals surface area contributed by atoms with E-state index in [-0.39, 0.29) is 12.1 Å². The van der Waals surface area contributed by atoms with Gasteiger partial charge in [0.05, 0.1) is 6.10 Å². The van der Waals surface area contributed by atoms with E-state index in [2.05, 4.69) is 41.5 Å². The largest absolute Gasteiger partial charge is 0.375 e. The third-order valence-corrected chi connectivity index (χ3v) is 3.84. The third kappa shape index (κ3) is 4.13. The maximum absolute atomic E-state index is 5.72. The molecule has 0 aliphatic carbocycles. The summed E-state index contributed by atoms with van der Waals surface area (Å²) in [6, 6.07) is 14.8. The Morgan fingerprint density at radius 1 is 1.14 bits per heavy atom. The van der Waals surface area contributed by atoms with Crippen molar-refractivity contribution < 1.29 is 4.74 Å². The molecule has 3 nitrogen and oxygen atoms in total. The fraction of sp³-hybridized carbons (Fsp3) is 0.389. The van der Waals surface area contributed by atoms with Crippen LogP contribution in [0.3, 0.4) is 0 Å². The molecule has 1 heterocycles. The number of methoxy groups -OCH3 is 1. The van der Waals surface area contributed by atoms with Crippen LogP contribution in [0, 0.1) is 0 Å². The van der Waals surface area contributed by atoms with Gasteiger partial charge in [-0.1, -0.05) is 43.3 Å². The predicted molar refractivity (Wildman–Crippen MR) is 86.4 cm³/mol. The van der Waals surface area contributed by atoms with Crippen LogP contribution in [0.15, 0.2) is 48.7 Å². The van der Waals surface area contributed by atoms with Crippen molar-refractivity contribution in [2.45, 2.75) is 31.9 Å². The summed E-state index contributed by atoms with van der Waals surface area (Å²) in [6.45, 7) is 2.14. The van der Waals surface area contributed by atoms with Crippen molar-refractivity contribution in [3.05, 3.63) is 65.5 Å². The summed E-state index contributed by atoms with van der Waals surface area (Å²) < 4.78 is 5.72. The molecule has 21 heavy (non-hydrogen) atoms. The monoisotopic (exact) mass is 284 g/mol. The second-order valence-electron chi connectivity index (χ2n) is 5.18. The molecule has 3 heteroatoms. The molecular weight excluding hydrogens is 260 g/mol. The average molecular weight is 284 g/mol. The summed E-state index contributed by atoms with van der Waals surface area (Å²) in [5.41, 5.74) is 3.54. The van der Waals surface area contributed by atoms with Crippen molar-refractivity contribution in [2.24, 2.45) is 0 Å². The van der Waals surface area contributed by atoms with Gasteiger partial charge < -0.3 is 10.1 Å². The van der Waals surface area contributed by atoms with Gasteiger partial charge in [0.2, 0.25) is 0 Å². The van der Waals surface area contributed by atoms with Crippen molar-refractivity contribution in [1.82, 2.24) is 10.3 Å². The molecule has 0 saturated carbocycles. The number of likely N-dealkylation sites (N-methyl/N-ethyl adjacent to an activating group) is 1. The maximum Gasteiger partial charge on any atom is 0.0977 e. The van der Waals surface area contributed by atoms with E-state index in [1.807, 2.05) is 31.4 Å². The minimum Gasteiger partial charge on any atom is -0.375 e. The molecule has 1 aromatic heterocycles. The first kappa shape index (κ1) is 15.7. The van der Waals surface area contributed by atoms with Gasteiger partial charge in [0.25, 0.3) is 0 Å². The average Bonchev–Trinajstić information content (AvgIpc) is 2.56. The summed E-state index contributed by atoms with van der Waals surface area (Å²) in [6.07, 6.45) is 3.84. The molecule has 0 aliphatic heterocycles. The van der Waals surface area contributed by atoms with E-state index in [9.17, 15) is 0 Å². The number of aromatic nitrogens is 1. The highest BCUT2D eigenvalue weighted by Gasteiger charge is 2.22. The van der Waals surface area contributed by atoms with Crippen molar-refractivity contribution >= 4 is 0 Å². The Labute approximate surface area is 127 Å². The lowest BCUT2D eigenvalue weighted by Gasteiger charge is -2.26. The lowest BCUT2D eigenvalue weighted by atomic mass is 9.98. The molecule has 1 N–H and O–H groups in total. The SMILES string of the molecule is CCc1ccc(CC(NC)C(OC)c2ccccc2)nc1. The Morgan fingerprint density at radius 3 is 2.43 bits per heavy atom. The van der Waals surface area contributed by atoms with Crippen LogP contribution in [0.5, 0.6) is 0 Å². The topological polar surface area (TPSA) is 34.1 Å². The molecule has 112 valence electrons. The van der Waals surface area contributed by atoms with E-state index in [4.69, 9.17) is 4.74 Å². The first-order valence-electron chi connectivity index (χ1n) is 7.47. The Kier molecular flexibility index (Phi) is 5.90. The van der Waals surface area contributed by atoms with Crippen LogP contribution in [-0.4, -0.2) is 25.2 Å². The number of nitrogens with one attached hydrogen (secondary N) is 1. The van der Waals surface area contributed by atoms with Gasteiger partial charge in [0.1, 0.15) is 0 Å². The Bertz CT molecular complexity index is 525. The van der Waals surface area contributed by atoms with Gasteiger partial charge in [-0.15, -0.1) is 0 Å². The molecular formula is C18H24N2O. The first-order valence-corrected chi connectivity index (χ1v) is 7.47. The highest BCUT2D eigenvalue weighted by atomic mass is 16.5. The van der Waals surface area contributed by atoms with E-state index in [1.165, 1.54) is 11.1 Å². The van der Waals surface area contributed by atoms with E-state index >= 15 is 0 Å². The van der Waals surface area contributed by atoms with Crippen LogP contribution >= 0.6 is 0 Å². The number of aryl methyl sites for hydroxylation is 1. The van der Waals surface area contributed by atoms with Gasteiger partial charge in [0, 0.05) is 31.5 Å². The van der Waals surface area contributed by atoms with Crippen molar-refractivity contribution in [3.63, 3.8) is 0 Å². The number of ether oxygens (including phenoxy) is 1. The van der Waals surface area contributed by atoms with Gasteiger partial charge in [-0.05, 0) is 30.7 Å². The normalized spacial score (nSPS) is 13.9. The van der Waals surface area contributed by atoms with Gasteiger partial charge in [-0.2, -0.15) is 0 Å². The molecule has 0 bridgehead atoms. The minimum absolute atomic E-state index is 0.0175. The second-order valence-corrected chi connectivity index (χ2v) is 5.18. The smallest absolute Gasteiger partial charge is 0.0977 e. The number of hydrogen-bond donors (Lipinski definition) is 1. The molecule has 0 saturated heterocycles. The Morgan fingerprint density at radius 2 is 1.90 bits per heavy atom. The molecule has 0 amide bonds. The van der Waals surface area contributed by atoms with Gasteiger partial charge in [0.15, 0.2) is 0 Å². The third-order valence-electron chi connectivity index (χ3n) is 3.84. The number of nitrogens with zero attached hydrogens (tertiary/aromatic N) is 1. The van der Waals surface area contributed by atoms with Gasteiger partial charge in [-0.25, -0.2) is 0 Å². The minimum atomic E-state index is 0.0175. The zero-order chi connectivity index (χ0) is 15.1. The summed E-state index contributed by atoms with van der Waals surface area (Å²) in [7, 11) is 3.73. The van der Waals surface area contributed by atoms with E-state index in [0.29, 0.717) is 0 Å². The van der Waals surface area contributed by atoms with Crippen LogP contribution in [-0.2, 0) is 17.6 Å². The quantitative estimate of drug-likeness (QED) is 0.848. The molecule has 0 aliphatic rings. The second kappa shape index (κ2) is 7.91. The van der Waals surface area contributed by atoms with Gasteiger partial charge in [-0.3, -0.25) is 4.98 Å². The molecule has 0 radical (unpaired) electrons. The summed E-state index contributed by atoms with van der Waals surface area (Å²) >= 11 is 0. The fourth-order valence-corrected chi connectivity index (χ4v) is 2.55. The summed E-state index contributed by atoms with van der Waals surface area (Å²) in [4.78, 5) is 4.55. The van der Waals surface area contributed by atoms with Crippen molar-refractivity contribution in [1.29, 1.82) is 0 Å². The first-order chi connectivity index (χ1) is 10.3. The number of benzene rings is 1. The van der Waals surface area contributed by atoms with Crippen molar-refractivity contribution in [3.8, 4) is 0 Å². The Balaban J connectivity index is 2.13. The van der Waals surface area contributed by atoms with Crippen LogP contribution in [0.25, 0.3) is 0 Å². The zero-order valence-electron chi connectivity index (χ0n) is 13.0. The van der Waals surface area contributed by atoms with E-state index in [0.717, 1.165) is 18.5 Å². The zero-order valence-corrected chi connectivity index (χ0v) is 13.0. The highest BCUT2D eigenvalue weighted by Crippen LogP contribution is 2.22. The standard InChI is InChI=1S/C18H24N2O/c1-4-14-10-11-16(20-13-14)12-17(19-2)18(21-3)15-8-6-5-7-9-15/h5-11,13,17-19H,4,12H2,1-3H3. The summed E-state index contributed by atoms with van der Waals surface area (Å²) in [5.74, 6) is 0. The molecule has 2 rings (SSSR count). The van der Waals surface area contributed by atoms with Crippen LogP contribution in [0.4, 0.5) is 0 Å².